The molecule has 8 nitrogen and oxygen atoms in total. The molecule has 4 aromatic rings. The van der Waals surface area contributed by atoms with E-state index in [0.717, 1.165) is 16.2 Å². The fourth-order valence-electron chi connectivity index (χ4n) is 4.61. The lowest BCUT2D eigenvalue weighted by molar-refractivity contribution is 0.293. The molecule has 10 heteroatoms. The molecule has 0 saturated heterocycles. The van der Waals surface area contributed by atoms with Crippen molar-refractivity contribution in [2.45, 2.75) is 27.7 Å². The maximum atomic E-state index is 14.4. The Balaban J connectivity index is 1.76. The summed E-state index contributed by atoms with van der Waals surface area (Å²) in [5.41, 5.74) is 0. The van der Waals surface area contributed by atoms with E-state index < -0.39 is 15.5 Å². The first-order valence-corrected chi connectivity index (χ1v) is 15.9. The number of rotatable bonds is 6. The molecule has 1 aliphatic rings. The largest absolute Gasteiger partial charge is 0.515 e. The second kappa shape index (κ2) is 10.6. The highest BCUT2D eigenvalue weighted by Crippen LogP contribution is 2.55. The van der Waals surface area contributed by atoms with Gasteiger partial charge >= 0.3 is 15.5 Å². The van der Waals surface area contributed by atoms with Crippen LogP contribution in [0.3, 0.4) is 0 Å². The molecule has 1 aliphatic heterocycles. The Morgan fingerprint density at radius 3 is 1.55 bits per heavy atom. The van der Waals surface area contributed by atoms with Gasteiger partial charge in [0.2, 0.25) is 0 Å². The van der Waals surface area contributed by atoms with Crippen molar-refractivity contribution in [3.63, 3.8) is 0 Å². The van der Waals surface area contributed by atoms with Crippen LogP contribution in [0.1, 0.15) is 27.7 Å². The van der Waals surface area contributed by atoms with E-state index in [2.05, 4.69) is 0 Å². The Morgan fingerprint density at radius 1 is 0.553 bits per heavy atom. The van der Waals surface area contributed by atoms with E-state index >= 15 is 0 Å². The topological polar surface area (TPSA) is 77.5 Å². The van der Waals surface area contributed by atoms with Gasteiger partial charge in [-0.2, -0.15) is 9.34 Å². The summed E-state index contributed by atoms with van der Waals surface area (Å²) in [5.74, 6) is 1.51. The standard InChI is InChI=1S/C28H32N2O6P2/c1-5-29(6-2)37(31)33-24-15-12-21-13-16-25(19-23(21)18-24)34-38(32,30(7-3)8-4)36-28-11-9-10-22-14-17-26(35-37)20-27(22)28/h9-20H,5-8H2,1-4H3. The first-order valence-electron chi connectivity index (χ1n) is 12.9. The molecular formula is C28H32N2O6P2. The second-order valence-corrected chi connectivity index (χ2v) is 12.6. The van der Waals surface area contributed by atoms with E-state index in [1.54, 1.807) is 51.8 Å². The van der Waals surface area contributed by atoms with Crippen LogP contribution in [0, 0.1) is 0 Å². The maximum absolute atomic E-state index is 14.4. The summed E-state index contributed by atoms with van der Waals surface area (Å²) in [6.45, 7) is 9.50. The van der Waals surface area contributed by atoms with E-state index in [4.69, 9.17) is 18.1 Å². The van der Waals surface area contributed by atoms with Gasteiger partial charge in [-0.3, -0.25) is 0 Å². The quantitative estimate of drug-likeness (QED) is 0.221. The SMILES string of the molecule is CCN(CC)P1(=O)Oc2ccc3ccc(cc3c2)OP(=O)(N(CC)CC)Oc2cccc3ccc(cc23)O1. The molecule has 0 aromatic heterocycles. The highest BCUT2D eigenvalue weighted by atomic mass is 31.2. The van der Waals surface area contributed by atoms with E-state index in [1.165, 1.54) is 0 Å². The first-order chi connectivity index (χ1) is 18.3. The fraction of sp³-hybridized carbons (Fsp3) is 0.286. The molecule has 2 atom stereocenters. The lowest BCUT2D eigenvalue weighted by Crippen LogP contribution is -2.25. The Bertz CT molecular complexity index is 1570. The van der Waals surface area contributed by atoms with Gasteiger partial charge in [0.1, 0.15) is 23.0 Å². The number of hydrogen-bond donors (Lipinski definition) is 0. The van der Waals surface area contributed by atoms with Gasteiger partial charge in [0.25, 0.3) is 0 Å². The number of benzene rings is 4. The summed E-state index contributed by atoms with van der Waals surface area (Å²) >= 11 is 0. The van der Waals surface area contributed by atoms with Gasteiger partial charge < -0.3 is 18.1 Å². The van der Waals surface area contributed by atoms with Gasteiger partial charge in [-0.15, -0.1) is 0 Å². The molecule has 5 bridgehead atoms. The molecule has 38 heavy (non-hydrogen) atoms. The van der Waals surface area contributed by atoms with E-state index in [9.17, 15) is 9.13 Å². The molecule has 1 heterocycles. The van der Waals surface area contributed by atoms with Crippen molar-refractivity contribution < 1.29 is 27.2 Å². The molecule has 5 rings (SSSR count). The Hall–Kier alpha value is -3.02. The van der Waals surface area contributed by atoms with Crippen LogP contribution in [0.15, 0.2) is 72.8 Å². The van der Waals surface area contributed by atoms with Crippen molar-refractivity contribution in [2.75, 3.05) is 26.2 Å². The Kier molecular flexibility index (Phi) is 7.43. The third kappa shape index (κ3) is 5.02. The van der Waals surface area contributed by atoms with Crippen LogP contribution < -0.4 is 18.1 Å². The van der Waals surface area contributed by atoms with E-state index in [1.807, 2.05) is 58.0 Å². The van der Waals surface area contributed by atoms with Crippen molar-refractivity contribution in [3.05, 3.63) is 72.8 Å². The van der Waals surface area contributed by atoms with E-state index in [0.29, 0.717) is 54.6 Å². The van der Waals surface area contributed by atoms with Gasteiger partial charge in [0, 0.05) is 31.6 Å². The summed E-state index contributed by atoms with van der Waals surface area (Å²) in [5, 5.41) is 3.19. The summed E-state index contributed by atoms with van der Waals surface area (Å²) in [7, 11) is -7.63. The average molecular weight is 555 g/mol. The zero-order valence-corrected chi connectivity index (χ0v) is 23.8. The smallest absolute Gasteiger partial charge is 0.404 e. The first kappa shape index (κ1) is 26.6. The van der Waals surface area contributed by atoms with Crippen LogP contribution in [-0.2, 0) is 9.13 Å². The molecule has 0 radical (unpaired) electrons. The van der Waals surface area contributed by atoms with Crippen LogP contribution in [0.2, 0.25) is 0 Å². The fourth-order valence-corrected chi connectivity index (χ4v) is 8.08. The molecule has 0 saturated carbocycles. The molecule has 0 fully saturated rings. The highest BCUT2D eigenvalue weighted by molar-refractivity contribution is 7.52. The normalized spacial score (nSPS) is 21.2. The number of fused-ring (bicyclic) bond motifs is 3. The van der Waals surface area contributed by atoms with Gasteiger partial charge in [0.15, 0.2) is 0 Å². The maximum Gasteiger partial charge on any atom is 0.515 e. The predicted octanol–water partition coefficient (Wildman–Crippen LogP) is 8.12. The third-order valence-electron chi connectivity index (χ3n) is 6.63. The summed E-state index contributed by atoms with van der Waals surface area (Å²) < 4.78 is 56.7. The molecule has 4 aromatic carbocycles. The minimum atomic E-state index is -3.83. The number of hydrogen-bond acceptors (Lipinski definition) is 6. The van der Waals surface area contributed by atoms with Crippen molar-refractivity contribution >= 4 is 37.0 Å². The minimum absolute atomic E-state index is 0.346. The van der Waals surface area contributed by atoms with Gasteiger partial charge in [-0.1, -0.05) is 58.0 Å². The zero-order chi connectivity index (χ0) is 26.9. The summed E-state index contributed by atoms with van der Waals surface area (Å²) in [4.78, 5) is 0. The Morgan fingerprint density at radius 2 is 1.03 bits per heavy atom. The second-order valence-electron chi connectivity index (χ2n) is 8.89. The minimum Gasteiger partial charge on any atom is -0.404 e. The third-order valence-corrected chi connectivity index (χ3v) is 10.9. The van der Waals surface area contributed by atoms with E-state index in [-0.39, 0.29) is 0 Å². The van der Waals surface area contributed by atoms with Crippen molar-refractivity contribution in [3.8, 4) is 23.0 Å². The number of nitrogens with zero attached hydrogens (tertiary/aromatic N) is 2. The molecule has 0 amide bonds. The van der Waals surface area contributed by atoms with Crippen LogP contribution >= 0.6 is 15.5 Å². The molecule has 2 unspecified atom stereocenters. The van der Waals surface area contributed by atoms with Crippen LogP contribution in [0.25, 0.3) is 21.5 Å². The van der Waals surface area contributed by atoms with Crippen molar-refractivity contribution in [1.29, 1.82) is 0 Å². The lowest BCUT2D eigenvalue weighted by Gasteiger charge is -2.29. The molecule has 200 valence electrons. The summed E-state index contributed by atoms with van der Waals surface area (Å²) in [6.07, 6.45) is 0. The predicted molar refractivity (Wildman–Crippen MR) is 151 cm³/mol. The van der Waals surface area contributed by atoms with Gasteiger partial charge in [0.05, 0.1) is 0 Å². The monoisotopic (exact) mass is 554 g/mol. The van der Waals surface area contributed by atoms with Crippen LogP contribution in [0.4, 0.5) is 0 Å². The molecular weight excluding hydrogens is 522 g/mol. The van der Waals surface area contributed by atoms with Gasteiger partial charge in [-0.25, -0.2) is 9.13 Å². The van der Waals surface area contributed by atoms with Crippen LogP contribution in [0.5, 0.6) is 23.0 Å². The van der Waals surface area contributed by atoms with Crippen molar-refractivity contribution in [2.24, 2.45) is 0 Å². The molecule has 0 spiro atoms. The van der Waals surface area contributed by atoms with Crippen LogP contribution in [-0.4, -0.2) is 35.5 Å². The average Bonchev–Trinajstić information content (AvgIpc) is 2.89. The zero-order valence-electron chi connectivity index (χ0n) is 22.0. The van der Waals surface area contributed by atoms with Gasteiger partial charge in [-0.05, 0) is 58.6 Å². The van der Waals surface area contributed by atoms with Crippen molar-refractivity contribution in [1.82, 2.24) is 9.34 Å². The molecule has 0 aliphatic carbocycles. The lowest BCUT2D eigenvalue weighted by atomic mass is 10.1. The molecule has 0 N–H and O–H groups in total. The Labute approximate surface area is 223 Å². The highest BCUT2D eigenvalue weighted by Gasteiger charge is 2.38. The summed E-state index contributed by atoms with van der Waals surface area (Å²) in [6, 6.07) is 21.7.